The normalized spacial score (nSPS) is 9.94. The number of hydrogen-bond donors (Lipinski definition) is 0. The number of thioether (sulfide) groups is 1. The molecule has 8 heteroatoms. The maximum Gasteiger partial charge on any atom is 0.315 e. The second-order valence-corrected chi connectivity index (χ2v) is 4.95. The first-order chi connectivity index (χ1) is 8.49. The smallest absolute Gasteiger partial charge is 0.315 e. The predicted octanol–water partition coefficient (Wildman–Crippen LogP) is 2.63. The van der Waals surface area contributed by atoms with E-state index in [-0.39, 0.29) is 11.4 Å². The SMILES string of the molecule is COC(=O)CSc1cc(Br)c(OC)cc1[N+](=O)[O-]. The first-order valence-corrected chi connectivity index (χ1v) is 6.49. The molecule has 0 saturated carbocycles. The largest absolute Gasteiger partial charge is 0.495 e. The van der Waals surface area contributed by atoms with E-state index < -0.39 is 10.9 Å². The van der Waals surface area contributed by atoms with Gasteiger partial charge in [-0.25, -0.2) is 0 Å². The van der Waals surface area contributed by atoms with Crippen molar-refractivity contribution in [2.45, 2.75) is 4.90 Å². The van der Waals surface area contributed by atoms with E-state index in [4.69, 9.17) is 4.74 Å². The Kier molecular flexibility index (Phi) is 5.42. The van der Waals surface area contributed by atoms with Gasteiger partial charge in [0.2, 0.25) is 0 Å². The summed E-state index contributed by atoms with van der Waals surface area (Å²) in [5, 5.41) is 10.9. The molecule has 6 nitrogen and oxygen atoms in total. The van der Waals surface area contributed by atoms with Crippen molar-refractivity contribution in [3.63, 3.8) is 0 Å². The molecule has 0 bridgehead atoms. The van der Waals surface area contributed by atoms with Gasteiger partial charge in [0.1, 0.15) is 5.75 Å². The molecule has 0 N–H and O–H groups in total. The minimum absolute atomic E-state index is 0.0100. The second kappa shape index (κ2) is 6.60. The number of esters is 1. The van der Waals surface area contributed by atoms with E-state index in [1.165, 1.54) is 20.3 Å². The van der Waals surface area contributed by atoms with Crippen LogP contribution in [-0.2, 0) is 9.53 Å². The lowest BCUT2D eigenvalue weighted by molar-refractivity contribution is -0.387. The number of benzene rings is 1. The van der Waals surface area contributed by atoms with Crippen molar-refractivity contribution in [1.82, 2.24) is 0 Å². The molecule has 0 aromatic heterocycles. The summed E-state index contributed by atoms with van der Waals surface area (Å²) in [5.74, 6) is -0.0683. The van der Waals surface area contributed by atoms with Gasteiger partial charge in [0.05, 0.1) is 40.3 Å². The number of ether oxygens (including phenoxy) is 2. The molecule has 0 unspecified atom stereocenters. The highest BCUT2D eigenvalue weighted by molar-refractivity contribution is 9.10. The fourth-order valence-electron chi connectivity index (χ4n) is 1.13. The Morgan fingerprint density at radius 2 is 2.17 bits per heavy atom. The summed E-state index contributed by atoms with van der Waals surface area (Å²) in [4.78, 5) is 21.8. The van der Waals surface area contributed by atoms with Crippen LogP contribution in [-0.4, -0.2) is 30.9 Å². The molecular formula is C10H10BrNO5S. The lowest BCUT2D eigenvalue weighted by Crippen LogP contribution is -2.03. The Morgan fingerprint density at radius 1 is 1.50 bits per heavy atom. The standard InChI is InChI=1S/C10H10BrNO5S/c1-16-8-4-7(12(14)15)9(3-6(8)11)18-5-10(13)17-2/h3-4H,5H2,1-2H3. The molecule has 0 amide bonds. The number of nitrogens with zero attached hydrogens (tertiary/aromatic N) is 1. The number of rotatable bonds is 5. The Bertz CT molecular complexity index is 480. The quantitative estimate of drug-likeness (QED) is 0.356. The van der Waals surface area contributed by atoms with Gasteiger partial charge in [-0.05, 0) is 22.0 Å². The topological polar surface area (TPSA) is 78.7 Å². The van der Waals surface area contributed by atoms with Gasteiger partial charge in [-0.2, -0.15) is 0 Å². The molecule has 0 aliphatic carbocycles. The number of nitro benzene ring substituents is 1. The fraction of sp³-hybridized carbons (Fsp3) is 0.300. The maximum absolute atomic E-state index is 11.0. The molecule has 0 aliphatic rings. The number of nitro groups is 1. The summed E-state index contributed by atoms with van der Waals surface area (Å²) < 4.78 is 10.1. The van der Waals surface area contributed by atoms with Gasteiger partial charge < -0.3 is 9.47 Å². The highest BCUT2D eigenvalue weighted by Crippen LogP contribution is 2.37. The molecule has 0 atom stereocenters. The van der Waals surface area contributed by atoms with Crippen LogP contribution < -0.4 is 4.74 Å². The molecule has 0 fully saturated rings. The van der Waals surface area contributed by atoms with E-state index in [2.05, 4.69) is 20.7 Å². The van der Waals surface area contributed by atoms with E-state index in [0.29, 0.717) is 15.1 Å². The fourth-order valence-corrected chi connectivity index (χ4v) is 2.67. The second-order valence-electron chi connectivity index (χ2n) is 3.08. The summed E-state index contributed by atoms with van der Waals surface area (Å²) in [6.07, 6.45) is 0. The Hall–Kier alpha value is -1.28. The van der Waals surface area contributed by atoms with Crippen LogP contribution in [0.1, 0.15) is 0 Å². The molecule has 1 aromatic rings. The first kappa shape index (κ1) is 14.8. The lowest BCUT2D eigenvalue weighted by atomic mass is 10.3. The summed E-state index contributed by atoms with van der Waals surface area (Å²) >= 11 is 4.28. The van der Waals surface area contributed by atoms with Crippen molar-refractivity contribution in [1.29, 1.82) is 0 Å². The average Bonchev–Trinajstić information content (AvgIpc) is 2.35. The maximum atomic E-state index is 11.0. The van der Waals surface area contributed by atoms with Crippen LogP contribution >= 0.6 is 27.7 Å². The summed E-state index contributed by atoms with van der Waals surface area (Å²) in [5.41, 5.74) is -0.107. The molecule has 1 rings (SSSR count). The molecule has 0 radical (unpaired) electrons. The van der Waals surface area contributed by atoms with Crippen molar-refractivity contribution in [3.05, 3.63) is 26.7 Å². The third-order valence-corrected chi connectivity index (χ3v) is 3.64. The Morgan fingerprint density at radius 3 is 2.67 bits per heavy atom. The van der Waals surface area contributed by atoms with E-state index in [1.54, 1.807) is 6.07 Å². The molecule has 1 aromatic carbocycles. The molecule has 0 aliphatic heterocycles. The molecule has 18 heavy (non-hydrogen) atoms. The third-order valence-electron chi connectivity index (χ3n) is 2.00. The van der Waals surface area contributed by atoms with Crippen LogP contribution in [0, 0.1) is 10.1 Å². The Balaban J connectivity index is 3.05. The van der Waals surface area contributed by atoms with Gasteiger partial charge in [-0.15, -0.1) is 11.8 Å². The summed E-state index contributed by atoms with van der Waals surface area (Å²) in [6, 6.07) is 2.86. The zero-order valence-corrected chi connectivity index (χ0v) is 12.0. The molecule has 0 saturated heterocycles. The van der Waals surface area contributed by atoms with Crippen LogP contribution in [0.3, 0.4) is 0 Å². The number of hydrogen-bond acceptors (Lipinski definition) is 6. The monoisotopic (exact) mass is 335 g/mol. The van der Waals surface area contributed by atoms with Crippen molar-refractivity contribution < 1.29 is 19.2 Å². The van der Waals surface area contributed by atoms with Crippen molar-refractivity contribution in [2.75, 3.05) is 20.0 Å². The van der Waals surface area contributed by atoms with Gasteiger partial charge in [-0.3, -0.25) is 14.9 Å². The average molecular weight is 336 g/mol. The van der Waals surface area contributed by atoms with E-state index >= 15 is 0 Å². The van der Waals surface area contributed by atoms with E-state index in [0.717, 1.165) is 11.8 Å². The molecule has 0 spiro atoms. The minimum atomic E-state index is -0.519. The first-order valence-electron chi connectivity index (χ1n) is 4.71. The van der Waals surface area contributed by atoms with Crippen LogP contribution in [0.15, 0.2) is 21.5 Å². The van der Waals surface area contributed by atoms with E-state index in [1.807, 2.05) is 0 Å². The highest BCUT2D eigenvalue weighted by atomic mass is 79.9. The van der Waals surface area contributed by atoms with Crippen LogP contribution in [0.4, 0.5) is 5.69 Å². The van der Waals surface area contributed by atoms with Crippen LogP contribution in [0.5, 0.6) is 5.75 Å². The third kappa shape index (κ3) is 3.61. The number of methoxy groups -OCH3 is 2. The highest BCUT2D eigenvalue weighted by Gasteiger charge is 2.19. The van der Waals surface area contributed by atoms with Crippen LogP contribution in [0.2, 0.25) is 0 Å². The van der Waals surface area contributed by atoms with Gasteiger partial charge in [0.15, 0.2) is 0 Å². The number of carbonyl (C=O) groups excluding carboxylic acids is 1. The summed E-state index contributed by atoms with van der Waals surface area (Å²) in [7, 11) is 2.69. The van der Waals surface area contributed by atoms with Gasteiger partial charge in [0.25, 0.3) is 5.69 Å². The summed E-state index contributed by atoms with van der Waals surface area (Å²) in [6.45, 7) is 0. The van der Waals surface area contributed by atoms with E-state index in [9.17, 15) is 14.9 Å². The van der Waals surface area contributed by atoms with Gasteiger partial charge >= 0.3 is 5.97 Å². The molecular weight excluding hydrogens is 326 g/mol. The van der Waals surface area contributed by atoms with Crippen molar-refractivity contribution in [2.24, 2.45) is 0 Å². The van der Waals surface area contributed by atoms with Gasteiger partial charge in [-0.1, -0.05) is 0 Å². The molecule has 0 heterocycles. The Labute approximate surface area is 116 Å². The zero-order valence-electron chi connectivity index (χ0n) is 9.64. The minimum Gasteiger partial charge on any atom is -0.495 e. The number of halogens is 1. The van der Waals surface area contributed by atoms with Crippen molar-refractivity contribution >= 4 is 39.3 Å². The van der Waals surface area contributed by atoms with Crippen molar-refractivity contribution in [3.8, 4) is 5.75 Å². The zero-order chi connectivity index (χ0) is 13.7. The van der Waals surface area contributed by atoms with Crippen LogP contribution in [0.25, 0.3) is 0 Å². The number of carbonyl (C=O) groups is 1. The lowest BCUT2D eigenvalue weighted by Gasteiger charge is -2.07. The molecule has 98 valence electrons. The van der Waals surface area contributed by atoms with Gasteiger partial charge in [0, 0.05) is 0 Å². The predicted molar refractivity (Wildman–Crippen MR) is 70.1 cm³/mol.